The molecule has 0 spiro atoms. The summed E-state index contributed by atoms with van der Waals surface area (Å²) in [4.78, 5) is 24.5. The van der Waals surface area contributed by atoms with Crippen molar-refractivity contribution in [1.29, 1.82) is 0 Å². The molecule has 1 N–H and O–H groups in total. The third-order valence-electron chi connectivity index (χ3n) is 3.10. The topological polar surface area (TPSA) is 66.8 Å². The first-order valence-electron chi connectivity index (χ1n) is 5.89. The molecule has 1 aliphatic heterocycles. The van der Waals surface area contributed by atoms with E-state index < -0.39 is 23.7 Å². The molecule has 0 saturated carbocycles. The van der Waals surface area contributed by atoms with Gasteiger partial charge in [-0.25, -0.2) is 9.18 Å². The first-order chi connectivity index (χ1) is 9.02. The zero-order chi connectivity index (χ0) is 14.0. The van der Waals surface area contributed by atoms with Crippen molar-refractivity contribution in [1.82, 2.24) is 4.90 Å². The van der Waals surface area contributed by atoms with E-state index in [9.17, 15) is 14.0 Å². The highest BCUT2D eigenvalue weighted by molar-refractivity contribution is 5.97. The first kappa shape index (κ1) is 13.5. The highest BCUT2D eigenvalue weighted by Crippen LogP contribution is 2.17. The zero-order valence-corrected chi connectivity index (χ0v) is 10.4. The normalized spacial score (nSPS) is 19.3. The van der Waals surface area contributed by atoms with Crippen molar-refractivity contribution in [3.8, 4) is 0 Å². The van der Waals surface area contributed by atoms with Crippen LogP contribution < -0.4 is 0 Å². The molecule has 1 heterocycles. The van der Waals surface area contributed by atoms with Crippen molar-refractivity contribution < 1.29 is 23.8 Å². The minimum atomic E-state index is -1.15. The van der Waals surface area contributed by atoms with Gasteiger partial charge in [0, 0.05) is 6.54 Å². The van der Waals surface area contributed by atoms with Gasteiger partial charge in [0.1, 0.15) is 5.82 Å². The van der Waals surface area contributed by atoms with Gasteiger partial charge in [-0.2, -0.15) is 0 Å². The summed E-state index contributed by atoms with van der Waals surface area (Å²) < 4.78 is 19.0. The summed E-state index contributed by atoms with van der Waals surface area (Å²) in [6.07, 6.45) is 0. The summed E-state index contributed by atoms with van der Waals surface area (Å²) >= 11 is 0. The standard InChI is InChI=1S/C13H14FNO4/c1-8-3-2-4-9(11(8)14)12(16)15-5-6-19-7-10(15)13(17)18/h2-4,10H,5-7H2,1H3,(H,17,18). The molecule has 1 aromatic carbocycles. The Kier molecular flexibility index (Phi) is 3.80. The Balaban J connectivity index is 2.31. The smallest absolute Gasteiger partial charge is 0.328 e. The van der Waals surface area contributed by atoms with Crippen LogP contribution in [-0.4, -0.2) is 47.7 Å². The summed E-state index contributed by atoms with van der Waals surface area (Å²) in [5.74, 6) is -2.37. The highest BCUT2D eigenvalue weighted by atomic mass is 19.1. The van der Waals surface area contributed by atoms with Crippen LogP contribution in [0.25, 0.3) is 0 Å². The molecule has 1 amide bonds. The number of carboxylic acid groups (broad SMARTS) is 1. The molecule has 6 heteroatoms. The van der Waals surface area contributed by atoms with Gasteiger partial charge >= 0.3 is 5.97 Å². The van der Waals surface area contributed by atoms with Crippen LogP contribution in [0.4, 0.5) is 4.39 Å². The van der Waals surface area contributed by atoms with Crippen molar-refractivity contribution in [2.45, 2.75) is 13.0 Å². The molecule has 1 atom stereocenters. The van der Waals surface area contributed by atoms with E-state index in [0.29, 0.717) is 5.56 Å². The van der Waals surface area contributed by atoms with E-state index in [4.69, 9.17) is 9.84 Å². The Morgan fingerprint density at radius 1 is 1.47 bits per heavy atom. The predicted octanol–water partition coefficient (Wildman–Crippen LogP) is 1.06. The van der Waals surface area contributed by atoms with Gasteiger partial charge in [-0.05, 0) is 18.6 Å². The van der Waals surface area contributed by atoms with Crippen LogP contribution in [0.5, 0.6) is 0 Å². The van der Waals surface area contributed by atoms with Crippen molar-refractivity contribution in [2.75, 3.05) is 19.8 Å². The number of hydrogen-bond donors (Lipinski definition) is 1. The molecule has 0 bridgehead atoms. The van der Waals surface area contributed by atoms with Crippen molar-refractivity contribution in [2.24, 2.45) is 0 Å². The van der Waals surface area contributed by atoms with Crippen LogP contribution >= 0.6 is 0 Å². The lowest BCUT2D eigenvalue weighted by atomic mass is 10.1. The largest absolute Gasteiger partial charge is 0.480 e. The molecule has 1 unspecified atom stereocenters. The van der Waals surface area contributed by atoms with Crippen LogP contribution in [0.1, 0.15) is 15.9 Å². The van der Waals surface area contributed by atoms with Gasteiger partial charge in [-0.1, -0.05) is 12.1 Å². The minimum Gasteiger partial charge on any atom is -0.480 e. The Hall–Kier alpha value is -1.95. The Morgan fingerprint density at radius 3 is 2.89 bits per heavy atom. The number of amides is 1. The van der Waals surface area contributed by atoms with Crippen molar-refractivity contribution >= 4 is 11.9 Å². The number of rotatable bonds is 2. The van der Waals surface area contributed by atoms with E-state index in [0.717, 1.165) is 4.90 Å². The summed E-state index contributed by atoms with van der Waals surface area (Å²) in [5.41, 5.74) is 0.249. The molecule has 0 aliphatic carbocycles. The summed E-state index contributed by atoms with van der Waals surface area (Å²) in [6.45, 7) is 1.88. The van der Waals surface area contributed by atoms with E-state index in [-0.39, 0.29) is 25.3 Å². The zero-order valence-electron chi connectivity index (χ0n) is 10.4. The van der Waals surface area contributed by atoms with Crippen LogP contribution in [0.3, 0.4) is 0 Å². The van der Waals surface area contributed by atoms with Gasteiger partial charge in [0.05, 0.1) is 18.8 Å². The lowest BCUT2D eigenvalue weighted by molar-refractivity contribution is -0.147. The Bertz CT molecular complexity index is 517. The predicted molar refractivity (Wildman–Crippen MR) is 64.4 cm³/mol. The van der Waals surface area contributed by atoms with E-state index in [2.05, 4.69) is 0 Å². The van der Waals surface area contributed by atoms with Gasteiger partial charge < -0.3 is 14.7 Å². The fraction of sp³-hybridized carbons (Fsp3) is 0.385. The maximum atomic E-state index is 13.9. The molecule has 102 valence electrons. The molecule has 5 nitrogen and oxygen atoms in total. The average Bonchev–Trinajstić information content (AvgIpc) is 2.41. The quantitative estimate of drug-likeness (QED) is 0.870. The first-order valence-corrected chi connectivity index (χ1v) is 5.89. The summed E-state index contributed by atoms with van der Waals surface area (Å²) in [7, 11) is 0. The van der Waals surface area contributed by atoms with Crippen molar-refractivity contribution in [3.05, 3.63) is 35.1 Å². The van der Waals surface area contributed by atoms with Crippen LogP contribution in [-0.2, 0) is 9.53 Å². The number of halogens is 1. The van der Waals surface area contributed by atoms with E-state index >= 15 is 0 Å². The van der Waals surface area contributed by atoms with Crippen LogP contribution in [0.15, 0.2) is 18.2 Å². The molecular weight excluding hydrogens is 253 g/mol. The maximum Gasteiger partial charge on any atom is 0.328 e. The number of carbonyl (C=O) groups excluding carboxylic acids is 1. The second-order valence-electron chi connectivity index (χ2n) is 4.36. The number of carboxylic acids is 1. The molecule has 1 aromatic rings. The van der Waals surface area contributed by atoms with Crippen molar-refractivity contribution in [3.63, 3.8) is 0 Å². The summed E-state index contributed by atoms with van der Waals surface area (Å²) in [6, 6.07) is 3.42. The maximum absolute atomic E-state index is 13.9. The lowest BCUT2D eigenvalue weighted by Crippen LogP contribution is -2.52. The summed E-state index contributed by atoms with van der Waals surface area (Å²) in [5, 5.41) is 9.06. The third-order valence-corrected chi connectivity index (χ3v) is 3.10. The number of benzene rings is 1. The van der Waals surface area contributed by atoms with Gasteiger partial charge in [0.15, 0.2) is 6.04 Å². The molecule has 2 rings (SSSR count). The lowest BCUT2D eigenvalue weighted by Gasteiger charge is -2.33. The van der Waals surface area contributed by atoms with Crippen LogP contribution in [0.2, 0.25) is 0 Å². The number of carbonyl (C=O) groups is 2. The van der Waals surface area contributed by atoms with E-state index in [1.807, 2.05) is 0 Å². The number of ether oxygens (including phenoxy) is 1. The number of morpholine rings is 1. The number of aliphatic carboxylic acids is 1. The monoisotopic (exact) mass is 267 g/mol. The molecular formula is C13H14FNO4. The molecule has 19 heavy (non-hydrogen) atoms. The number of aryl methyl sites for hydroxylation is 1. The van der Waals surface area contributed by atoms with Gasteiger partial charge in [0.2, 0.25) is 0 Å². The fourth-order valence-electron chi connectivity index (χ4n) is 2.02. The SMILES string of the molecule is Cc1cccc(C(=O)N2CCOCC2C(=O)O)c1F. The second-order valence-corrected chi connectivity index (χ2v) is 4.36. The Morgan fingerprint density at radius 2 is 2.21 bits per heavy atom. The van der Waals surface area contributed by atoms with Crippen LogP contribution in [0, 0.1) is 12.7 Å². The molecule has 1 aliphatic rings. The average molecular weight is 267 g/mol. The van der Waals surface area contributed by atoms with E-state index in [1.165, 1.54) is 6.07 Å². The second kappa shape index (κ2) is 5.36. The minimum absolute atomic E-state index is 0.0749. The molecule has 0 aromatic heterocycles. The number of hydrogen-bond acceptors (Lipinski definition) is 3. The molecule has 1 fully saturated rings. The Labute approximate surface area is 109 Å². The fourth-order valence-corrected chi connectivity index (χ4v) is 2.02. The van der Waals surface area contributed by atoms with E-state index in [1.54, 1.807) is 19.1 Å². The molecule has 0 radical (unpaired) electrons. The van der Waals surface area contributed by atoms with Gasteiger partial charge in [-0.15, -0.1) is 0 Å². The molecule has 1 saturated heterocycles. The van der Waals surface area contributed by atoms with Gasteiger partial charge in [-0.3, -0.25) is 4.79 Å². The van der Waals surface area contributed by atoms with Gasteiger partial charge in [0.25, 0.3) is 5.91 Å². The number of nitrogens with zero attached hydrogens (tertiary/aromatic N) is 1. The third kappa shape index (κ3) is 2.58. The highest BCUT2D eigenvalue weighted by Gasteiger charge is 2.34.